The molecule has 1 aromatic heterocycles. The number of carbonyl (C=O) groups excluding carboxylic acids is 1. The number of aromatic nitrogens is 2. The maximum atomic E-state index is 12.1. The van der Waals surface area contributed by atoms with E-state index >= 15 is 0 Å². The standard InChI is InChI=1S/C14H13ClN2O4/c1-8-5-4-6-10(20-2)13(8)17-11(18)7-9(15)12(16-17)14(19)21-3/h4-7H,1-3H3. The molecule has 2 rings (SSSR count). The van der Waals surface area contributed by atoms with Crippen molar-refractivity contribution >= 4 is 17.6 Å². The van der Waals surface area contributed by atoms with Crippen LogP contribution in [0.5, 0.6) is 5.75 Å². The number of aryl methyl sites for hydroxylation is 1. The summed E-state index contributed by atoms with van der Waals surface area (Å²) in [7, 11) is 2.70. The van der Waals surface area contributed by atoms with E-state index in [1.165, 1.54) is 14.2 Å². The second-order valence-corrected chi connectivity index (χ2v) is 4.62. The second kappa shape index (κ2) is 5.97. The number of ether oxygens (including phenoxy) is 2. The summed E-state index contributed by atoms with van der Waals surface area (Å²) in [5, 5.41) is 3.94. The van der Waals surface area contributed by atoms with Crippen molar-refractivity contribution in [2.24, 2.45) is 0 Å². The lowest BCUT2D eigenvalue weighted by molar-refractivity contribution is 0.0592. The minimum absolute atomic E-state index is 0.0596. The van der Waals surface area contributed by atoms with Crippen LogP contribution in [-0.2, 0) is 4.74 Å². The van der Waals surface area contributed by atoms with E-state index in [0.29, 0.717) is 11.4 Å². The van der Waals surface area contributed by atoms with Crippen LogP contribution in [0.1, 0.15) is 16.1 Å². The fourth-order valence-corrected chi connectivity index (χ4v) is 2.11. The monoisotopic (exact) mass is 308 g/mol. The molecule has 1 heterocycles. The Hall–Kier alpha value is -2.34. The number of para-hydroxylation sites is 1. The predicted octanol–water partition coefficient (Wildman–Crippen LogP) is 1.99. The number of hydrogen-bond donors (Lipinski definition) is 0. The molecular weight excluding hydrogens is 296 g/mol. The van der Waals surface area contributed by atoms with Gasteiger partial charge in [-0.05, 0) is 18.6 Å². The summed E-state index contributed by atoms with van der Waals surface area (Å²) in [6, 6.07) is 6.41. The number of carbonyl (C=O) groups is 1. The molecule has 110 valence electrons. The normalized spacial score (nSPS) is 10.3. The van der Waals surface area contributed by atoms with E-state index < -0.39 is 11.5 Å². The topological polar surface area (TPSA) is 70.4 Å². The van der Waals surface area contributed by atoms with Crippen molar-refractivity contribution in [3.8, 4) is 11.4 Å². The van der Waals surface area contributed by atoms with Gasteiger partial charge in [-0.15, -0.1) is 0 Å². The number of benzene rings is 1. The van der Waals surface area contributed by atoms with E-state index in [0.717, 1.165) is 16.3 Å². The molecule has 1 aromatic carbocycles. The molecule has 0 spiro atoms. The van der Waals surface area contributed by atoms with Gasteiger partial charge in [0.25, 0.3) is 5.56 Å². The Morgan fingerprint density at radius 2 is 2.05 bits per heavy atom. The lowest BCUT2D eigenvalue weighted by atomic mass is 10.2. The van der Waals surface area contributed by atoms with Gasteiger partial charge in [0.2, 0.25) is 0 Å². The molecule has 0 radical (unpaired) electrons. The van der Waals surface area contributed by atoms with Gasteiger partial charge in [0.05, 0.1) is 19.2 Å². The molecule has 7 heteroatoms. The molecule has 0 aliphatic rings. The highest BCUT2D eigenvalue weighted by atomic mass is 35.5. The summed E-state index contributed by atoms with van der Waals surface area (Å²) >= 11 is 5.87. The van der Waals surface area contributed by atoms with Gasteiger partial charge >= 0.3 is 5.97 Å². The average molecular weight is 309 g/mol. The SMILES string of the molecule is COC(=O)c1nn(-c2c(C)cccc2OC)c(=O)cc1Cl. The van der Waals surface area contributed by atoms with Crippen LogP contribution in [0.15, 0.2) is 29.1 Å². The van der Waals surface area contributed by atoms with Crippen molar-refractivity contribution in [2.75, 3.05) is 14.2 Å². The van der Waals surface area contributed by atoms with Crippen molar-refractivity contribution in [1.29, 1.82) is 0 Å². The third kappa shape index (κ3) is 2.75. The first-order valence-electron chi connectivity index (χ1n) is 6.01. The third-order valence-electron chi connectivity index (χ3n) is 2.90. The zero-order valence-corrected chi connectivity index (χ0v) is 12.5. The van der Waals surface area contributed by atoms with Crippen LogP contribution in [0.4, 0.5) is 0 Å². The van der Waals surface area contributed by atoms with Crippen molar-refractivity contribution < 1.29 is 14.3 Å². The lowest BCUT2D eigenvalue weighted by Gasteiger charge is -2.13. The molecular formula is C14H13ClN2O4. The lowest BCUT2D eigenvalue weighted by Crippen LogP contribution is -2.25. The Labute approximate surface area is 125 Å². The zero-order chi connectivity index (χ0) is 15.6. The Bertz CT molecular complexity index is 755. The summed E-state index contributed by atoms with van der Waals surface area (Å²) in [6.45, 7) is 1.80. The Morgan fingerprint density at radius 1 is 1.33 bits per heavy atom. The van der Waals surface area contributed by atoms with Crippen LogP contribution in [-0.4, -0.2) is 30.0 Å². The average Bonchev–Trinajstić information content (AvgIpc) is 2.47. The molecule has 0 aliphatic heterocycles. The van der Waals surface area contributed by atoms with Gasteiger partial charge in [0.15, 0.2) is 5.69 Å². The van der Waals surface area contributed by atoms with E-state index in [2.05, 4.69) is 9.84 Å². The number of nitrogens with zero attached hydrogens (tertiary/aromatic N) is 2. The summed E-state index contributed by atoms with van der Waals surface area (Å²) in [6.07, 6.45) is 0. The van der Waals surface area contributed by atoms with Crippen molar-refractivity contribution in [3.05, 3.63) is 50.9 Å². The zero-order valence-electron chi connectivity index (χ0n) is 11.7. The van der Waals surface area contributed by atoms with E-state index in [1.54, 1.807) is 25.1 Å². The van der Waals surface area contributed by atoms with Crippen molar-refractivity contribution in [3.63, 3.8) is 0 Å². The van der Waals surface area contributed by atoms with Gasteiger partial charge < -0.3 is 9.47 Å². The second-order valence-electron chi connectivity index (χ2n) is 4.21. The molecule has 0 bridgehead atoms. The van der Waals surface area contributed by atoms with Crippen molar-refractivity contribution in [1.82, 2.24) is 9.78 Å². The van der Waals surface area contributed by atoms with Crippen LogP contribution >= 0.6 is 11.6 Å². The van der Waals surface area contributed by atoms with Crippen LogP contribution < -0.4 is 10.3 Å². The van der Waals surface area contributed by atoms with Gasteiger partial charge in [0.1, 0.15) is 11.4 Å². The molecule has 0 saturated heterocycles. The van der Waals surface area contributed by atoms with E-state index in [4.69, 9.17) is 16.3 Å². The molecule has 0 fully saturated rings. The van der Waals surface area contributed by atoms with Crippen LogP contribution in [0.2, 0.25) is 5.02 Å². The van der Waals surface area contributed by atoms with Crippen LogP contribution in [0.25, 0.3) is 5.69 Å². The van der Waals surface area contributed by atoms with Gasteiger partial charge in [-0.1, -0.05) is 23.7 Å². The largest absolute Gasteiger partial charge is 0.494 e. The fraction of sp³-hybridized carbons (Fsp3) is 0.214. The number of methoxy groups -OCH3 is 2. The molecule has 0 saturated carbocycles. The van der Waals surface area contributed by atoms with Crippen LogP contribution in [0.3, 0.4) is 0 Å². The predicted molar refractivity (Wildman–Crippen MR) is 77.5 cm³/mol. The summed E-state index contributed by atoms with van der Waals surface area (Å²) in [5.41, 5.74) is 0.609. The van der Waals surface area contributed by atoms with E-state index in [9.17, 15) is 9.59 Å². The molecule has 0 atom stereocenters. The number of esters is 1. The van der Waals surface area contributed by atoms with Gasteiger partial charge in [0, 0.05) is 6.07 Å². The quantitative estimate of drug-likeness (QED) is 0.811. The molecule has 2 aromatic rings. The molecule has 0 N–H and O–H groups in total. The van der Waals surface area contributed by atoms with E-state index in [1.807, 2.05) is 0 Å². The molecule has 0 unspecified atom stereocenters. The molecule has 0 amide bonds. The van der Waals surface area contributed by atoms with Crippen LogP contribution in [0, 0.1) is 6.92 Å². The first-order valence-corrected chi connectivity index (χ1v) is 6.39. The summed E-state index contributed by atoms with van der Waals surface area (Å²) < 4.78 is 10.9. The smallest absolute Gasteiger partial charge is 0.360 e. The summed E-state index contributed by atoms with van der Waals surface area (Å²) in [5.74, 6) is -0.260. The van der Waals surface area contributed by atoms with Gasteiger partial charge in [-0.3, -0.25) is 4.79 Å². The number of halogens is 1. The minimum atomic E-state index is -0.721. The highest BCUT2D eigenvalue weighted by Gasteiger charge is 2.19. The number of rotatable bonds is 3. The molecule has 6 nitrogen and oxygen atoms in total. The minimum Gasteiger partial charge on any atom is -0.494 e. The first kappa shape index (κ1) is 15.1. The maximum Gasteiger partial charge on any atom is 0.360 e. The fourth-order valence-electron chi connectivity index (χ4n) is 1.90. The molecule has 0 aliphatic carbocycles. The first-order chi connectivity index (χ1) is 9.99. The highest BCUT2D eigenvalue weighted by molar-refractivity contribution is 6.33. The summed E-state index contributed by atoms with van der Waals surface area (Å²) in [4.78, 5) is 23.8. The maximum absolute atomic E-state index is 12.1. The Morgan fingerprint density at radius 3 is 2.67 bits per heavy atom. The Kier molecular flexibility index (Phi) is 4.28. The van der Waals surface area contributed by atoms with Crippen molar-refractivity contribution in [2.45, 2.75) is 6.92 Å². The third-order valence-corrected chi connectivity index (χ3v) is 3.18. The number of hydrogen-bond acceptors (Lipinski definition) is 5. The van der Waals surface area contributed by atoms with Gasteiger partial charge in [-0.2, -0.15) is 9.78 Å². The Balaban J connectivity index is 2.76. The highest BCUT2D eigenvalue weighted by Crippen LogP contribution is 2.25. The van der Waals surface area contributed by atoms with Gasteiger partial charge in [-0.25, -0.2) is 4.79 Å². The molecule has 21 heavy (non-hydrogen) atoms. The van der Waals surface area contributed by atoms with E-state index in [-0.39, 0.29) is 10.7 Å².